The van der Waals surface area contributed by atoms with Crippen molar-refractivity contribution in [2.75, 3.05) is 18.4 Å². The lowest BCUT2D eigenvalue weighted by molar-refractivity contribution is -0.117. The Balaban J connectivity index is 1.48. The molecular weight excluding hydrogens is 298 g/mol. The number of rotatable bonds is 5. The van der Waals surface area contributed by atoms with Gasteiger partial charge in [0.15, 0.2) is 0 Å². The van der Waals surface area contributed by atoms with Crippen LogP contribution in [0.2, 0.25) is 0 Å². The molecule has 24 heavy (non-hydrogen) atoms. The third-order valence-electron chi connectivity index (χ3n) is 4.37. The van der Waals surface area contributed by atoms with Gasteiger partial charge in [-0.1, -0.05) is 36.4 Å². The van der Waals surface area contributed by atoms with E-state index < -0.39 is 0 Å². The molecule has 1 amide bonds. The average molecular weight is 319 g/mol. The van der Waals surface area contributed by atoms with E-state index in [0.717, 1.165) is 26.1 Å². The minimum atomic E-state index is 0.0247. The number of anilines is 1. The topological polar surface area (TPSA) is 56.1 Å². The summed E-state index contributed by atoms with van der Waals surface area (Å²) in [6.07, 6.45) is 1.58. The van der Waals surface area contributed by atoms with Crippen molar-refractivity contribution in [3.63, 3.8) is 0 Å². The minimum Gasteiger partial charge on any atom is -0.326 e. The fraction of sp³-hybridized carbons (Fsp3) is 0.300. The summed E-state index contributed by atoms with van der Waals surface area (Å²) in [5.74, 6) is 0.421. The molecule has 1 aliphatic rings. The molecule has 2 aromatic rings. The number of carbonyl (C=O) groups is 1. The molecule has 1 heterocycles. The number of likely N-dealkylation sites (tertiary alicyclic amines) is 1. The number of nitriles is 1. The van der Waals surface area contributed by atoms with Gasteiger partial charge in [0.1, 0.15) is 0 Å². The number of nitrogens with zero attached hydrogens (tertiary/aromatic N) is 2. The molecule has 0 radical (unpaired) electrons. The number of nitrogens with one attached hydrogen (secondary N) is 1. The first-order chi connectivity index (χ1) is 11.7. The molecule has 3 rings (SSSR count). The van der Waals surface area contributed by atoms with Gasteiger partial charge in [0.25, 0.3) is 0 Å². The molecule has 122 valence electrons. The highest BCUT2D eigenvalue weighted by atomic mass is 16.1. The largest absolute Gasteiger partial charge is 0.326 e. The van der Waals surface area contributed by atoms with Gasteiger partial charge in [0, 0.05) is 25.2 Å². The SMILES string of the molecule is N#Cc1cccc(NC(=O)C[C@H]2CCN(Cc3ccccc3)C2)c1. The van der Waals surface area contributed by atoms with Crippen LogP contribution in [0.5, 0.6) is 0 Å². The smallest absolute Gasteiger partial charge is 0.224 e. The van der Waals surface area contributed by atoms with Gasteiger partial charge in [-0.05, 0) is 42.6 Å². The van der Waals surface area contributed by atoms with Crippen LogP contribution in [0.15, 0.2) is 54.6 Å². The molecule has 2 aromatic carbocycles. The van der Waals surface area contributed by atoms with Crippen LogP contribution < -0.4 is 5.32 Å². The molecule has 0 unspecified atom stereocenters. The lowest BCUT2D eigenvalue weighted by atomic mass is 10.0. The summed E-state index contributed by atoms with van der Waals surface area (Å²) in [6.45, 7) is 2.94. The van der Waals surface area contributed by atoms with Crippen molar-refractivity contribution in [1.29, 1.82) is 5.26 Å². The molecule has 0 aliphatic carbocycles. The first kappa shape index (κ1) is 16.2. The second kappa shape index (κ2) is 7.76. The Kier molecular flexibility index (Phi) is 5.25. The molecular formula is C20H21N3O. The zero-order chi connectivity index (χ0) is 16.8. The standard InChI is InChI=1S/C20H21N3O/c21-13-17-7-4-8-19(11-17)22-20(24)12-18-9-10-23(15-18)14-16-5-2-1-3-6-16/h1-8,11,18H,9-10,12,14-15H2,(H,22,24)/t18-/m1/s1. The van der Waals surface area contributed by atoms with Crippen molar-refractivity contribution in [2.24, 2.45) is 5.92 Å². The normalized spacial score (nSPS) is 17.4. The van der Waals surface area contributed by atoms with E-state index in [-0.39, 0.29) is 5.91 Å². The first-order valence-electron chi connectivity index (χ1n) is 8.29. The van der Waals surface area contributed by atoms with E-state index >= 15 is 0 Å². The molecule has 0 spiro atoms. The van der Waals surface area contributed by atoms with E-state index in [9.17, 15) is 4.79 Å². The van der Waals surface area contributed by atoms with Gasteiger partial charge in [-0.25, -0.2) is 0 Å². The molecule has 0 saturated carbocycles. The maximum Gasteiger partial charge on any atom is 0.224 e. The van der Waals surface area contributed by atoms with Gasteiger partial charge >= 0.3 is 0 Å². The second-order valence-corrected chi connectivity index (χ2v) is 6.32. The fourth-order valence-corrected chi connectivity index (χ4v) is 3.21. The van der Waals surface area contributed by atoms with E-state index in [1.807, 2.05) is 12.1 Å². The molecule has 0 bridgehead atoms. The number of amides is 1. The van der Waals surface area contributed by atoms with Crippen LogP contribution in [0.4, 0.5) is 5.69 Å². The van der Waals surface area contributed by atoms with Gasteiger partial charge in [-0.15, -0.1) is 0 Å². The third-order valence-corrected chi connectivity index (χ3v) is 4.37. The van der Waals surface area contributed by atoms with Gasteiger partial charge in [-0.3, -0.25) is 9.69 Å². The van der Waals surface area contributed by atoms with Crippen LogP contribution in [0.1, 0.15) is 24.0 Å². The van der Waals surface area contributed by atoms with Crippen molar-refractivity contribution < 1.29 is 4.79 Å². The Morgan fingerprint density at radius 1 is 1.21 bits per heavy atom. The number of hydrogen-bond donors (Lipinski definition) is 1. The summed E-state index contributed by atoms with van der Waals surface area (Å²) < 4.78 is 0. The molecule has 1 fully saturated rings. The van der Waals surface area contributed by atoms with Crippen LogP contribution in [-0.4, -0.2) is 23.9 Å². The lowest BCUT2D eigenvalue weighted by Crippen LogP contribution is -2.22. The summed E-state index contributed by atoms with van der Waals surface area (Å²) in [6, 6.07) is 19.5. The summed E-state index contributed by atoms with van der Waals surface area (Å²) in [5.41, 5.74) is 2.57. The summed E-state index contributed by atoms with van der Waals surface area (Å²) in [5, 5.41) is 11.8. The predicted octanol–water partition coefficient (Wildman–Crippen LogP) is 3.41. The minimum absolute atomic E-state index is 0.0247. The van der Waals surface area contributed by atoms with E-state index in [4.69, 9.17) is 5.26 Å². The van der Waals surface area contributed by atoms with Crippen molar-refractivity contribution in [2.45, 2.75) is 19.4 Å². The van der Waals surface area contributed by atoms with E-state index in [1.165, 1.54) is 5.56 Å². The maximum atomic E-state index is 12.2. The summed E-state index contributed by atoms with van der Waals surface area (Å²) in [4.78, 5) is 14.6. The molecule has 1 atom stereocenters. The van der Waals surface area contributed by atoms with E-state index in [1.54, 1.807) is 18.2 Å². The lowest BCUT2D eigenvalue weighted by Gasteiger charge is -2.16. The van der Waals surface area contributed by atoms with E-state index in [0.29, 0.717) is 23.6 Å². The third kappa shape index (κ3) is 4.43. The second-order valence-electron chi connectivity index (χ2n) is 6.32. The quantitative estimate of drug-likeness (QED) is 0.919. The monoisotopic (exact) mass is 319 g/mol. The molecule has 1 aliphatic heterocycles. The van der Waals surface area contributed by atoms with Crippen LogP contribution >= 0.6 is 0 Å². The Bertz CT molecular complexity index is 736. The van der Waals surface area contributed by atoms with Crippen molar-refractivity contribution >= 4 is 11.6 Å². The Hall–Kier alpha value is -2.64. The van der Waals surface area contributed by atoms with E-state index in [2.05, 4.69) is 40.6 Å². The molecule has 0 aromatic heterocycles. The highest BCUT2D eigenvalue weighted by molar-refractivity contribution is 5.91. The zero-order valence-electron chi connectivity index (χ0n) is 13.6. The average Bonchev–Trinajstić information content (AvgIpc) is 3.02. The molecule has 1 saturated heterocycles. The first-order valence-corrected chi connectivity index (χ1v) is 8.29. The Morgan fingerprint density at radius 2 is 2.04 bits per heavy atom. The van der Waals surface area contributed by atoms with Crippen LogP contribution in [-0.2, 0) is 11.3 Å². The van der Waals surface area contributed by atoms with Crippen LogP contribution in [0, 0.1) is 17.2 Å². The predicted molar refractivity (Wildman–Crippen MR) is 94.2 cm³/mol. The molecule has 1 N–H and O–H groups in total. The molecule has 4 nitrogen and oxygen atoms in total. The summed E-state index contributed by atoms with van der Waals surface area (Å²) in [7, 11) is 0. The highest BCUT2D eigenvalue weighted by Gasteiger charge is 2.24. The van der Waals surface area contributed by atoms with Gasteiger partial charge < -0.3 is 5.32 Å². The Labute approximate surface area is 142 Å². The highest BCUT2D eigenvalue weighted by Crippen LogP contribution is 2.22. The van der Waals surface area contributed by atoms with Crippen molar-refractivity contribution in [1.82, 2.24) is 4.90 Å². The number of hydrogen-bond acceptors (Lipinski definition) is 3. The number of carbonyl (C=O) groups excluding carboxylic acids is 1. The maximum absolute atomic E-state index is 12.2. The van der Waals surface area contributed by atoms with Gasteiger partial charge in [0.2, 0.25) is 5.91 Å². The van der Waals surface area contributed by atoms with Crippen LogP contribution in [0.25, 0.3) is 0 Å². The van der Waals surface area contributed by atoms with Gasteiger partial charge in [0.05, 0.1) is 11.6 Å². The summed E-state index contributed by atoms with van der Waals surface area (Å²) >= 11 is 0. The molecule has 4 heteroatoms. The van der Waals surface area contributed by atoms with Crippen molar-refractivity contribution in [3.8, 4) is 6.07 Å². The fourth-order valence-electron chi connectivity index (χ4n) is 3.21. The Morgan fingerprint density at radius 3 is 2.83 bits per heavy atom. The zero-order valence-corrected chi connectivity index (χ0v) is 13.6. The van der Waals surface area contributed by atoms with Gasteiger partial charge in [-0.2, -0.15) is 5.26 Å². The van der Waals surface area contributed by atoms with Crippen molar-refractivity contribution in [3.05, 3.63) is 65.7 Å². The number of benzene rings is 2. The van der Waals surface area contributed by atoms with Crippen LogP contribution in [0.3, 0.4) is 0 Å².